The molecule has 0 spiro atoms. The predicted octanol–water partition coefficient (Wildman–Crippen LogP) is 3.50. The van der Waals surface area contributed by atoms with Crippen LogP contribution in [0.15, 0.2) is 48.5 Å². The van der Waals surface area contributed by atoms with Gasteiger partial charge in [-0.05, 0) is 35.6 Å². The maximum Gasteiger partial charge on any atom is 0.302 e. The lowest BCUT2D eigenvalue weighted by Gasteiger charge is -2.07. The number of halogens is 1. The summed E-state index contributed by atoms with van der Waals surface area (Å²) in [7, 11) is -4.41. The third-order valence-corrected chi connectivity index (χ3v) is 3.71. The van der Waals surface area contributed by atoms with E-state index in [4.69, 9.17) is 0 Å². The minimum Gasteiger partial charge on any atom is -0.195 e. The van der Waals surface area contributed by atoms with Gasteiger partial charge in [0.1, 0.15) is 0 Å². The first-order chi connectivity index (χ1) is 8.96. The first kappa shape index (κ1) is 13.7. The molecule has 0 aliphatic rings. The lowest BCUT2D eigenvalue weighted by Crippen LogP contribution is -2.02. The smallest absolute Gasteiger partial charge is 0.195 e. The Morgan fingerprint density at radius 3 is 2.47 bits per heavy atom. The average Bonchev–Trinajstić information content (AvgIpc) is 2.36. The summed E-state index contributed by atoms with van der Waals surface area (Å²) in [4.78, 5) is 0. The van der Waals surface area contributed by atoms with Crippen molar-refractivity contribution < 1.29 is 12.3 Å². The van der Waals surface area contributed by atoms with Crippen LogP contribution < -0.4 is 0 Å². The average molecular weight is 278 g/mol. The summed E-state index contributed by atoms with van der Waals surface area (Å²) in [6.07, 6.45) is 0.193. The van der Waals surface area contributed by atoms with Gasteiger partial charge in [0, 0.05) is 0 Å². The lowest BCUT2D eigenvalue weighted by atomic mass is 9.98. The highest BCUT2D eigenvalue weighted by molar-refractivity contribution is 7.86. The van der Waals surface area contributed by atoms with E-state index >= 15 is 0 Å². The Balaban J connectivity index is 2.27. The van der Waals surface area contributed by atoms with E-state index in [1.807, 2.05) is 55.5 Å². The molecule has 2 nitrogen and oxygen atoms in total. The van der Waals surface area contributed by atoms with Gasteiger partial charge in [-0.25, -0.2) is 0 Å². The van der Waals surface area contributed by atoms with Gasteiger partial charge >= 0.3 is 10.2 Å². The molecule has 0 fully saturated rings. The van der Waals surface area contributed by atoms with E-state index in [1.54, 1.807) is 0 Å². The van der Waals surface area contributed by atoms with E-state index in [0.29, 0.717) is 0 Å². The summed E-state index contributed by atoms with van der Waals surface area (Å²) in [6.45, 7) is 2.02. The van der Waals surface area contributed by atoms with Crippen molar-refractivity contribution in [2.24, 2.45) is 0 Å². The third kappa shape index (κ3) is 3.89. The molecule has 0 atom stereocenters. The minimum atomic E-state index is -4.41. The standard InChI is InChI=1S/C15H15FO2S/c1-12-5-2-3-8-15(12)14-7-4-6-13(11-14)9-10-19(16,17)18/h2-8,11H,9-10H2,1H3. The Morgan fingerprint density at radius 2 is 1.79 bits per heavy atom. The summed E-state index contributed by atoms with van der Waals surface area (Å²) < 4.78 is 33.6. The van der Waals surface area contributed by atoms with Gasteiger partial charge in [-0.15, -0.1) is 3.89 Å². The Bertz CT molecular complexity index is 678. The van der Waals surface area contributed by atoms with E-state index < -0.39 is 16.0 Å². The molecule has 0 aliphatic heterocycles. The monoisotopic (exact) mass is 278 g/mol. The van der Waals surface area contributed by atoms with Gasteiger partial charge in [0.15, 0.2) is 0 Å². The molecule has 100 valence electrons. The summed E-state index contributed by atoms with van der Waals surface area (Å²) in [5.74, 6) is -0.468. The fourth-order valence-electron chi connectivity index (χ4n) is 2.03. The number of rotatable bonds is 4. The van der Waals surface area contributed by atoms with Crippen molar-refractivity contribution in [1.29, 1.82) is 0 Å². The number of hydrogen-bond donors (Lipinski definition) is 0. The van der Waals surface area contributed by atoms with Gasteiger partial charge in [0.05, 0.1) is 5.75 Å². The zero-order valence-corrected chi connectivity index (χ0v) is 11.5. The zero-order chi connectivity index (χ0) is 13.9. The molecule has 0 radical (unpaired) electrons. The Morgan fingerprint density at radius 1 is 1.05 bits per heavy atom. The van der Waals surface area contributed by atoms with Gasteiger partial charge in [-0.3, -0.25) is 0 Å². The zero-order valence-electron chi connectivity index (χ0n) is 10.6. The van der Waals surface area contributed by atoms with Gasteiger partial charge in [-0.2, -0.15) is 8.42 Å². The normalized spacial score (nSPS) is 11.5. The number of benzene rings is 2. The maximum absolute atomic E-state index is 12.5. The van der Waals surface area contributed by atoms with E-state index in [-0.39, 0.29) is 6.42 Å². The highest BCUT2D eigenvalue weighted by Gasteiger charge is 2.08. The van der Waals surface area contributed by atoms with Crippen molar-refractivity contribution in [3.05, 3.63) is 59.7 Å². The second-order valence-corrected chi connectivity index (χ2v) is 5.99. The van der Waals surface area contributed by atoms with Gasteiger partial charge in [0.25, 0.3) is 0 Å². The molecule has 0 N–H and O–H groups in total. The Hall–Kier alpha value is -1.68. The van der Waals surface area contributed by atoms with Crippen molar-refractivity contribution in [2.75, 3.05) is 5.75 Å². The van der Waals surface area contributed by atoms with Gasteiger partial charge in [-0.1, -0.05) is 48.5 Å². The molecule has 0 bridgehead atoms. The molecule has 0 unspecified atom stereocenters. The highest BCUT2D eigenvalue weighted by atomic mass is 32.3. The van der Waals surface area contributed by atoms with E-state index in [1.165, 1.54) is 0 Å². The highest BCUT2D eigenvalue weighted by Crippen LogP contribution is 2.24. The largest absolute Gasteiger partial charge is 0.302 e. The molecule has 19 heavy (non-hydrogen) atoms. The van der Waals surface area contributed by atoms with Crippen LogP contribution in [-0.4, -0.2) is 14.2 Å². The second kappa shape index (κ2) is 5.53. The summed E-state index contributed by atoms with van der Waals surface area (Å²) in [6, 6.07) is 15.5. The first-order valence-corrected chi connectivity index (χ1v) is 7.58. The van der Waals surface area contributed by atoms with E-state index in [9.17, 15) is 12.3 Å². The number of aryl methyl sites for hydroxylation is 2. The molecule has 0 saturated heterocycles. The molecule has 2 rings (SSSR count). The Kier molecular flexibility index (Phi) is 4.00. The van der Waals surface area contributed by atoms with Crippen LogP contribution in [0.5, 0.6) is 0 Å². The molecule has 4 heteroatoms. The van der Waals surface area contributed by atoms with Crippen molar-refractivity contribution >= 4 is 10.2 Å². The van der Waals surface area contributed by atoms with Crippen LogP contribution in [0.25, 0.3) is 11.1 Å². The van der Waals surface area contributed by atoms with Crippen LogP contribution in [0.3, 0.4) is 0 Å². The van der Waals surface area contributed by atoms with Crippen molar-refractivity contribution in [3.63, 3.8) is 0 Å². The molecule has 0 aliphatic carbocycles. The maximum atomic E-state index is 12.5. The van der Waals surface area contributed by atoms with Crippen LogP contribution in [0, 0.1) is 6.92 Å². The summed E-state index contributed by atoms with van der Waals surface area (Å²) >= 11 is 0. The second-order valence-electron chi connectivity index (χ2n) is 4.51. The van der Waals surface area contributed by atoms with Crippen molar-refractivity contribution in [1.82, 2.24) is 0 Å². The quantitative estimate of drug-likeness (QED) is 0.802. The van der Waals surface area contributed by atoms with E-state index in [0.717, 1.165) is 22.3 Å². The lowest BCUT2D eigenvalue weighted by molar-refractivity contribution is 0.551. The molecular formula is C15H15FO2S. The van der Waals surface area contributed by atoms with Gasteiger partial charge < -0.3 is 0 Å². The van der Waals surface area contributed by atoms with Gasteiger partial charge in [0.2, 0.25) is 0 Å². The van der Waals surface area contributed by atoms with Crippen LogP contribution in [0.2, 0.25) is 0 Å². The predicted molar refractivity (Wildman–Crippen MR) is 75.2 cm³/mol. The number of hydrogen-bond acceptors (Lipinski definition) is 2. The molecule has 0 saturated carbocycles. The minimum absolute atomic E-state index is 0.193. The Labute approximate surface area is 113 Å². The molecule has 2 aromatic carbocycles. The molecule has 2 aromatic rings. The summed E-state index contributed by atoms with van der Waals surface area (Å²) in [5.41, 5.74) is 4.10. The molecule has 0 heterocycles. The third-order valence-electron chi connectivity index (χ3n) is 3.02. The van der Waals surface area contributed by atoms with E-state index in [2.05, 4.69) is 0 Å². The molecular weight excluding hydrogens is 263 g/mol. The topological polar surface area (TPSA) is 34.1 Å². The van der Waals surface area contributed by atoms with Crippen LogP contribution in [-0.2, 0) is 16.6 Å². The molecule has 0 aromatic heterocycles. The van der Waals surface area contributed by atoms with Crippen LogP contribution >= 0.6 is 0 Å². The molecule has 0 amide bonds. The fourth-order valence-corrected chi connectivity index (χ4v) is 2.51. The van der Waals surface area contributed by atoms with Crippen molar-refractivity contribution in [3.8, 4) is 11.1 Å². The van der Waals surface area contributed by atoms with Crippen LogP contribution in [0.4, 0.5) is 3.89 Å². The fraction of sp³-hybridized carbons (Fsp3) is 0.200. The summed E-state index contributed by atoms with van der Waals surface area (Å²) in [5, 5.41) is 0. The van der Waals surface area contributed by atoms with Crippen molar-refractivity contribution in [2.45, 2.75) is 13.3 Å². The van der Waals surface area contributed by atoms with Crippen LogP contribution in [0.1, 0.15) is 11.1 Å². The first-order valence-electron chi connectivity index (χ1n) is 6.03. The SMILES string of the molecule is Cc1ccccc1-c1cccc(CCS(=O)(=O)F)c1.